The summed E-state index contributed by atoms with van der Waals surface area (Å²) in [6, 6.07) is 9.94. The SMILES string of the molecule is CC(=O)O[C@@H]1C[C@@]23COCC(C)([C@H]1OC(C)C(N)C(C)C)[C@@H]2CC[C@H]1C3=CC[C@@]2(C)[C@H](C(=O)OCc3ccccc3)[C@@](C)([C@H](C)C(C)C)CC[C@]12C. The van der Waals surface area contributed by atoms with Crippen LogP contribution < -0.4 is 5.73 Å². The van der Waals surface area contributed by atoms with Gasteiger partial charge in [0.1, 0.15) is 18.8 Å². The third kappa shape index (κ3) is 6.11. The van der Waals surface area contributed by atoms with Gasteiger partial charge in [0.05, 0.1) is 25.2 Å². The molecule has 1 aromatic rings. The molecule has 1 aliphatic heterocycles. The fourth-order valence-electron chi connectivity index (χ4n) is 12.8. The standard InChI is InChI=1S/C45H69NO6/c1-27(2)29(5)41(8)21-22-43(10)33-17-18-36-42(9)25-49-26-45(36,23-35(52-31(7)47)39(42)51-30(6)37(46)28(3)4)34(33)19-20-44(43,11)38(41)40(48)50-24-32-15-13-12-14-16-32/h12-16,19,27-30,33,35-39H,17-18,20-26,46H2,1-11H3/t29-,30?,33+,35-,36+,37?,38-,39+,41-,42?,43-,44+,45+/m1/s1. The summed E-state index contributed by atoms with van der Waals surface area (Å²) in [5.74, 6) is 1.10. The molecule has 2 bridgehead atoms. The van der Waals surface area contributed by atoms with E-state index in [0.717, 1.165) is 37.7 Å². The van der Waals surface area contributed by atoms with Gasteiger partial charge in [0.15, 0.2) is 0 Å². The monoisotopic (exact) mass is 720 g/mol. The van der Waals surface area contributed by atoms with Gasteiger partial charge in [0.2, 0.25) is 0 Å². The Morgan fingerprint density at radius 1 is 0.923 bits per heavy atom. The third-order valence-corrected chi connectivity index (χ3v) is 16.3. The lowest BCUT2D eigenvalue weighted by Gasteiger charge is -2.71. The Morgan fingerprint density at radius 3 is 2.25 bits per heavy atom. The van der Waals surface area contributed by atoms with E-state index in [1.54, 1.807) is 0 Å². The molecule has 4 fully saturated rings. The molecular formula is C45H69NO6. The fourth-order valence-corrected chi connectivity index (χ4v) is 12.8. The van der Waals surface area contributed by atoms with Crippen molar-refractivity contribution in [3.05, 3.63) is 47.5 Å². The number of hydrogen-bond acceptors (Lipinski definition) is 7. The van der Waals surface area contributed by atoms with E-state index >= 15 is 0 Å². The molecule has 0 aromatic heterocycles. The van der Waals surface area contributed by atoms with Gasteiger partial charge in [-0.05, 0) is 96.8 Å². The molecule has 1 saturated heterocycles. The van der Waals surface area contributed by atoms with E-state index in [2.05, 4.69) is 75.3 Å². The zero-order valence-electron chi connectivity index (χ0n) is 34.1. The van der Waals surface area contributed by atoms with E-state index in [-0.39, 0.29) is 69.1 Å². The predicted molar refractivity (Wildman–Crippen MR) is 205 cm³/mol. The molecule has 2 N–H and O–H groups in total. The number of ether oxygens (including phenoxy) is 4. The molecule has 7 nitrogen and oxygen atoms in total. The highest BCUT2D eigenvalue weighted by Gasteiger charge is 2.72. The highest BCUT2D eigenvalue weighted by atomic mass is 16.6. The first-order valence-electron chi connectivity index (χ1n) is 20.4. The molecule has 1 aromatic carbocycles. The van der Waals surface area contributed by atoms with Crippen molar-refractivity contribution in [3.8, 4) is 0 Å². The van der Waals surface area contributed by atoms with Crippen molar-refractivity contribution in [1.29, 1.82) is 0 Å². The quantitative estimate of drug-likeness (QED) is 0.191. The number of nitrogens with two attached hydrogens (primary N) is 1. The van der Waals surface area contributed by atoms with E-state index in [1.807, 2.05) is 30.3 Å². The number of carbonyl (C=O) groups is 2. The van der Waals surface area contributed by atoms with Crippen LogP contribution in [0.5, 0.6) is 0 Å². The molecule has 290 valence electrons. The van der Waals surface area contributed by atoms with E-state index < -0.39 is 6.10 Å². The van der Waals surface area contributed by atoms with Crippen molar-refractivity contribution >= 4 is 11.9 Å². The molecule has 0 radical (unpaired) electrons. The van der Waals surface area contributed by atoms with Gasteiger partial charge in [0, 0.05) is 23.8 Å². The molecule has 3 unspecified atom stereocenters. The average molecular weight is 720 g/mol. The van der Waals surface area contributed by atoms with Crippen LogP contribution in [-0.2, 0) is 35.1 Å². The van der Waals surface area contributed by atoms with Gasteiger partial charge in [-0.15, -0.1) is 0 Å². The number of carbonyl (C=O) groups excluding carboxylic acids is 2. The second-order valence-corrected chi connectivity index (χ2v) is 19.5. The van der Waals surface area contributed by atoms with Gasteiger partial charge >= 0.3 is 11.9 Å². The van der Waals surface area contributed by atoms with Gasteiger partial charge in [-0.2, -0.15) is 0 Å². The van der Waals surface area contributed by atoms with Crippen molar-refractivity contribution in [2.45, 2.75) is 146 Å². The van der Waals surface area contributed by atoms with E-state index in [4.69, 9.17) is 24.7 Å². The molecule has 0 amide bonds. The zero-order chi connectivity index (χ0) is 38.0. The largest absolute Gasteiger partial charge is 0.461 e. The minimum Gasteiger partial charge on any atom is -0.461 e. The summed E-state index contributed by atoms with van der Waals surface area (Å²) in [5.41, 5.74) is 7.89. The van der Waals surface area contributed by atoms with E-state index in [9.17, 15) is 9.59 Å². The van der Waals surface area contributed by atoms with Gasteiger partial charge in [-0.1, -0.05) is 104 Å². The molecular weight excluding hydrogens is 650 g/mol. The van der Waals surface area contributed by atoms with Gasteiger partial charge in [0.25, 0.3) is 0 Å². The van der Waals surface area contributed by atoms with Crippen molar-refractivity contribution in [2.75, 3.05) is 13.2 Å². The fraction of sp³-hybridized carbons (Fsp3) is 0.778. The van der Waals surface area contributed by atoms with Crippen molar-refractivity contribution < 1.29 is 28.5 Å². The normalized spacial score (nSPS) is 41.5. The Balaban J connectivity index is 1.40. The first-order valence-corrected chi connectivity index (χ1v) is 20.4. The molecule has 3 saturated carbocycles. The Morgan fingerprint density at radius 2 is 1.62 bits per heavy atom. The molecule has 7 heteroatoms. The minimum atomic E-state index is -0.396. The van der Waals surface area contributed by atoms with Gasteiger partial charge in [-0.25, -0.2) is 0 Å². The van der Waals surface area contributed by atoms with Crippen LogP contribution >= 0.6 is 0 Å². The second kappa shape index (κ2) is 14.1. The molecule has 0 spiro atoms. The maximum absolute atomic E-state index is 14.7. The van der Waals surface area contributed by atoms with Crippen molar-refractivity contribution in [2.24, 2.45) is 68.3 Å². The summed E-state index contributed by atoms with van der Waals surface area (Å²) in [7, 11) is 0. The van der Waals surface area contributed by atoms with Crippen LogP contribution in [-0.4, -0.2) is 49.5 Å². The number of esters is 2. The number of allylic oxidation sites excluding steroid dienone is 1. The second-order valence-electron chi connectivity index (χ2n) is 19.5. The zero-order valence-corrected chi connectivity index (χ0v) is 34.1. The summed E-state index contributed by atoms with van der Waals surface area (Å²) >= 11 is 0. The van der Waals surface area contributed by atoms with Crippen LogP contribution in [0, 0.1) is 62.6 Å². The summed E-state index contributed by atoms with van der Waals surface area (Å²) in [6.07, 6.45) is 7.28. The number of fused-ring (bicyclic) bond motifs is 3. The first kappa shape index (κ1) is 39.5. The van der Waals surface area contributed by atoms with Crippen LogP contribution in [0.2, 0.25) is 0 Å². The Kier molecular flexibility index (Phi) is 10.7. The van der Waals surface area contributed by atoms with Gasteiger partial charge < -0.3 is 24.7 Å². The molecule has 5 aliphatic rings. The van der Waals surface area contributed by atoms with Gasteiger partial charge in [-0.3, -0.25) is 9.59 Å². The predicted octanol–water partition coefficient (Wildman–Crippen LogP) is 8.92. The topological polar surface area (TPSA) is 97.1 Å². The molecule has 1 heterocycles. The number of benzene rings is 1. The summed E-state index contributed by atoms with van der Waals surface area (Å²) in [4.78, 5) is 27.5. The number of hydrogen-bond donors (Lipinski definition) is 1. The summed E-state index contributed by atoms with van der Waals surface area (Å²) in [6.45, 7) is 25.9. The van der Waals surface area contributed by atoms with Crippen LogP contribution in [0.4, 0.5) is 0 Å². The van der Waals surface area contributed by atoms with Crippen LogP contribution in [0.3, 0.4) is 0 Å². The van der Waals surface area contributed by atoms with Crippen LogP contribution in [0.15, 0.2) is 42.0 Å². The lowest BCUT2D eigenvalue weighted by molar-refractivity contribution is -0.275. The first-order chi connectivity index (χ1) is 24.4. The molecule has 4 aliphatic carbocycles. The molecule has 13 atom stereocenters. The smallest absolute Gasteiger partial charge is 0.310 e. The summed E-state index contributed by atoms with van der Waals surface area (Å²) in [5, 5.41) is 0. The van der Waals surface area contributed by atoms with Crippen LogP contribution in [0.1, 0.15) is 120 Å². The van der Waals surface area contributed by atoms with Crippen molar-refractivity contribution in [1.82, 2.24) is 0 Å². The third-order valence-electron chi connectivity index (χ3n) is 16.3. The average Bonchev–Trinajstić information content (AvgIpc) is 3.08. The van der Waals surface area contributed by atoms with E-state index in [1.165, 1.54) is 12.5 Å². The molecule has 52 heavy (non-hydrogen) atoms. The lowest BCUT2D eigenvalue weighted by Crippen LogP contribution is -2.70. The Labute approximate surface area is 314 Å². The van der Waals surface area contributed by atoms with Crippen molar-refractivity contribution in [3.63, 3.8) is 0 Å². The number of rotatable bonds is 10. The van der Waals surface area contributed by atoms with Crippen LogP contribution in [0.25, 0.3) is 0 Å². The highest BCUT2D eigenvalue weighted by molar-refractivity contribution is 5.75. The maximum Gasteiger partial charge on any atom is 0.310 e. The lowest BCUT2D eigenvalue weighted by atomic mass is 9.34. The Bertz CT molecular complexity index is 1510. The van der Waals surface area contributed by atoms with E-state index in [0.29, 0.717) is 49.9 Å². The highest BCUT2D eigenvalue weighted by Crippen LogP contribution is 2.75. The Hall–Kier alpha value is -2.22. The minimum absolute atomic E-state index is 0.0501. The molecule has 6 rings (SSSR count). The summed E-state index contributed by atoms with van der Waals surface area (Å²) < 4.78 is 26.2. The maximum atomic E-state index is 14.7.